The summed E-state index contributed by atoms with van der Waals surface area (Å²) in [6.07, 6.45) is 2.21. The lowest BCUT2D eigenvalue weighted by atomic mass is 10.1. The minimum atomic E-state index is -0.878. The molecule has 106 valence electrons. The summed E-state index contributed by atoms with van der Waals surface area (Å²) in [6.45, 7) is 0.583. The Morgan fingerprint density at radius 2 is 1.95 bits per heavy atom. The lowest BCUT2D eigenvalue weighted by Crippen LogP contribution is -2.41. The number of aliphatic carboxylic acids is 1. The van der Waals surface area contributed by atoms with Gasteiger partial charge in [-0.25, -0.2) is 4.79 Å². The van der Waals surface area contributed by atoms with E-state index in [0.717, 1.165) is 22.9 Å². The maximum Gasteiger partial charge on any atom is 0.326 e. The predicted molar refractivity (Wildman–Crippen MR) is 77.4 cm³/mol. The molecule has 0 unspecified atom stereocenters. The van der Waals surface area contributed by atoms with Crippen LogP contribution < -0.4 is 0 Å². The number of amides is 1. The van der Waals surface area contributed by atoms with E-state index in [9.17, 15) is 9.59 Å². The van der Waals surface area contributed by atoms with Crippen molar-refractivity contribution < 1.29 is 14.7 Å². The van der Waals surface area contributed by atoms with Crippen molar-refractivity contribution in [2.45, 2.75) is 31.2 Å². The molecule has 0 aromatic heterocycles. The van der Waals surface area contributed by atoms with E-state index in [4.69, 9.17) is 5.11 Å². The first-order valence-corrected chi connectivity index (χ1v) is 7.66. The van der Waals surface area contributed by atoms with Gasteiger partial charge in [0.2, 0.25) is 5.91 Å². The molecule has 1 aromatic carbocycles. The lowest BCUT2D eigenvalue weighted by Gasteiger charge is -2.21. The average Bonchev–Trinajstić information content (AvgIpc) is 3.06. The molecule has 2 aliphatic rings. The van der Waals surface area contributed by atoms with Crippen molar-refractivity contribution in [3.05, 3.63) is 34.3 Å². The Labute approximate surface area is 125 Å². The molecule has 0 radical (unpaired) electrons. The van der Waals surface area contributed by atoms with Gasteiger partial charge in [0.05, 0.1) is 0 Å². The SMILES string of the molecule is O=C(O)[C@H]1CCCN1C(=O)[C@H]1C[C@H]1c1ccc(Br)cc1. The van der Waals surface area contributed by atoms with Crippen molar-refractivity contribution in [1.29, 1.82) is 0 Å². The predicted octanol–water partition coefficient (Wildman–Crippen LogP) is 2.63. The highest BCUT2D eigenvalue weighted by Crippen LogP contribution is 2.49. The number of benzene rings is 1. The summed E-state index contributed by atoms with van der Waals surface area (Å²) in [5.41, 5.74) is 1.16. The number of rotatable bonds is 3. The minimum Gasteiger partial charge on any atom is -0.480 e. The van der Waals surface area contributed by atoms with Crippen LogP contribution in [0.3, 0.4) is 0 Å². The molecule has 2 fully saturated rings. The zero-order chi connectivity index (χ0) is 14.3. The molecule has 1 heterocycles. The van der Waals surface area contributed by atoms with Crippen LogP contribution in [0, 0.1) is 5.92 Å². The molecule has 4 nitrogen and oxygen atoms in total. The second-order valence-electron chi connectivity index (χ2n) is 5.53. The monoisotopic (exact) mass is 337 g/mol. The second kappa shape index (κ2) is 5.20. The second-order valence-corrected chi connectivity index (χ2v) is 6.44. The van der Waals surface area contributed by atoms with E-state index in [1.165, 1.54) is 0 Å². The highest BCUT2D eigenvalue weighted by atomic mass is 79.9. The Kier molecular flexibility index (Phi) is 3.54. The quantitative estimate of drug-likeness (QED) is 0.922. The summed E-state index contributed by atoms with van der Waals surface area (Å²) in [5, 5.41) is 9.15. The first-order chi connectivity index (χ1) is 9.58. The molecular formula is C15H16BrNO3. The number of nitrogens with zero attached hydrogens (tertiary/aromatic N) is 1. The van der Waals surface area contributed by atoms with Crippen molar-refractivity contribution >= 4 is 27.8 Å². The topological polar surface area (TPSA) is 57.6 Å². The highest BCUT2D eigenvalue weighted by molar-refractivity contribution is 9.10. The highest BCUT2D eigenvalue weighted by Gasteiger charge is 2.48. The fraction of sp³-hybridized carbons (Fsp3) is 0.467. The van der Waals surface area contributed by atoms with Gasteiger partial charge in [-0.1, -0.05) is 28.1 Å². The Hall–Kier alpha value is -1.36. The number of carbonyl (C=O) groups is 2. The van der Waals surface area contributed by atoms with Crippen LogP contribution in [0.5, 0.6) is 0 Å². The molecule has 3 atom stereocenters. The number of carboxylic acid groups (broad SMARTS) is 1. The van der Waals surface area contributed by atoms with Gasteiger partial charge in [-0.3, -0.25) is 4.79 Å². The molecule has 0 spiro atoms. The van der Waals surface area contributed by atoms with E-state index in [-0.39, 0.29) is 17.7 Å². The van der Waals surface area contributed by atoms with E-state index in [1.54, 1.807) is 4.90 Å². The lowest BCUT2D eigenvalue weighted by molar-refractivity contribution is -0.148. The smallest absolute Gasteiger partial charge is 0.326 e. The van der Waals surface area contributed by atoms with Crippen LogP contribution >= 0.6 is 15.9 Å². The van der Waals surface area contributed by atoms with Gasteiger partial charge in [0, 0.05) is 16.9 Å². The van der Waals surface area contributed by atoms with Gasteiger partial charge in [-0.2, -0.15) is 0 Å². The molecular weight excluding hydrogens is 322 g/mol. The van der Waals surface area contributed by atoms with E-state index in [0.29, 0.717) is 13.0 Å². The van der Waals surface area contributed by atoms with Crippen molar-refractivity contribution in [1.82, 2.24) is 4.90 Å². The van der Waals surface area contributed by atoms with E-state index >= 15 is 0 Å². The van der Waals surface area contributed by atoms with Gasteiger partial charge >= 0.3 is 5.97 Å². The zero-order valence-corrected chi connectivity index (χ0v) is 12.5. The first kappa shape index (κ1) is 13.6. The van der Waals surface area contributed by atoms with Crippen LogP contribution in [0.4, 0.5) is 0 Å². The zero-order valence-electron chi connectivity index (χ0n) is 11.0. The van der Waals surface area contributed by atoms with Crippen molar-refractivity contribution in [3.8, 4) is 0 Å². The van der Waals surface area contributed by atoms with Crippen molar-refractivity contribution in [2.75, 3.05) is 6.54 Å². The molecule has 3 rings (SSSR count). The van der Waals surface area contributed by atoms with Crippen LogP contribution in [0.2, 0.25) is 0 Å². The molecule has 1 aliphatic carbocycles. The maximum absolute atomic E-state index is 12.4. The van der Waals surface area contributed by atoms with Gasteiger partial charge in [-0.15, -0.1) is 0 Å². The number of hydrogen-bond acceptors (Lipinski definition) is 2. The van der Waals surface area contributed by atoms with E-state index in [2.05, 4.69) is 15.9 Å². The third-order valence-corrected chi connectivity index (χ3v) is 4.76. The van der Waals surface area contributed by atoms with E-state index in [1.807, 2.05) is 24.3 Å². The maximum atomic E-state index is 12.4. The number of hydrogen-bond donors (Lipinski definition) is 1. The summed E-state index contributed by atoms with van der Waals surface area (Å²) in [6, 6.07) is 7.39. The van der Waals surface area contributed by atoms with Crippen LogP contribution in [-0.4, -0.2) is 34.5 Å². The molecule has 5 heteroatoms. The van der Waals surface area contributed by atoms with Crippen molar-refractivity contribution in [3.63, 3.8) is 0 Å². The fourth-order valence-electron chi connectivity index (χ4n) is 3.05. The van der Waals surface area contributed by atoms with Crippen LogP contribution in [0.15, 0.2) is 28.7 Å². The average molecular weight is 338 g/mol. The van der Waals surface area contributed by atoms with Crippen LogP contribution in [0.25, 0.3) is 0 Å². The van der Waals surface area contributed by atoms with E-state index < -0.39 is 12.0 Å². The molecule has 20 heavy (non-hydrogen) atoms. The van der Waals surface area contributed by atoms with Gasteiger partial charge in [0.1, 0.15) is 6.04 Å². The first-order valence-electron chi connectivity index (χ1n) is 6.86. The summed E-state index contributed by atoms with van der Waals surface area (Å²) in [5.74, 6) is -0.638. The van der Waals surface area contributed by atoms with Crippen LogP contribution in [0.1, 0.15) is 30.7 Å². The van der Waals surface area contributed by atoms with Gasteiger partial charge in [-0.05, 0) is 42.9 Å². The Balaban J connectivity index is 1.68. The Bertz CT molecular complexity index is 543. The fourth-order valence-corrected chi connectivity index (χ4v) is 3.31. The third kappa shape index (κ3) is 2.46. The summed E-state index contributed by atoms with van der Waals surface area (Å²) < 4.78 is 1.02. The molecule has 1 saturated heterocycles. The third-order valence-electron chi connectivity index (χ3n) is 4.23. The van der Waals surface area contributed by atoms with Gasteiger partial charge in [0.25, 0.3) is 0 Å². The largest absolute Gasteiger partial charge is 0.480 e. The molecule has 1 amide bonds. The van der Waals surface area contributed by atoms with Gasteiger partial charge < -0.3 is 10.0 Å². The number of carbonyl (C=O) groups excluding carboxylic acids is 1. The normalized spacial score (nSPS) is 28.4. The summed E-state index contributed by atoms with van der Waals surface area (Å²) >= 11 is 3.40. The minimum absolute atomic E-state index is 0.0165. The molecule has 1 aliphatic heterocycles. The Morgan fingerprint density at radius 1 is 1.25 bits per heavy atom. The van der Waals surface area contributed by atoms with Gasteiger partial charge in [0.15, 0.2) is 0 Å². The molecule has 1 saturated carbocycles. The summed E-state index contributed by atoms with van der Waals surface area (Å²) in [7, 11) is 0. The summed E-state index contributed by atoms with van der Waals surface area (Å²) in [4.78, 5) is 25.1. The number of halogens is 1. The number of likely N-dealkylation sites (tertiary alicyclic amines) is 1. The standard InChI is InChI=1S/C15H16BrNO3/c16-10-5-3-9(4-6-10)11-8-12(11)14(18)17-7-1-2-13(17)15(19)20/h3-6,11-13H,1-2,7-8H2,(H,19,20)/t11-,12-,13+/m0/s1. The van der Waals surface area contributed by atoms with Crippen molar-refractivity contribution in [2.24, 2.45) is 5.92 Å². The molecule has 1 N–H and O–H groups in total. The van der Waals surface area contributed by atoms with Crippen LogP contribution in [-0.2, 0) is 9.59 Å². The molecule has 1 aromatic rings. The molecule has 0 bridgehead atoms. The Morgan fingerprint density at radius 3 is 2.60 bits per heavy atom. The number of carboxylic acids is 1.